The first-order valence-corrected chi connectivity index (χ1v) is 6.16. The molecular weight excluding hydrogens is 228 g/mol. The van der Waals surface area contributed by atoms with Crippen molar-refractivity contribution in [2.24, 2.45) is 0 Å². The van der Waals surface area contributed by atoms with Crippen LogP contribution in [0.25, 0.3) is 0 Å². The zero-order chi connectivity index (χ0) is 13.1. The van der Waals surface area contributed by atoms with Crippen LogP contribution >= 0.6 is 0 Å². The smallest absolute Gasteiger partial charge is 0.234 e. The molecule has 1 N–H and O–H groups in total. The molecule has 0 saturated carbocycles. The van der Waals surface area contributed by atoms with E-state index in [-0.39, 0.29) is 11.7 Å². The van der Waals surface area contributed by atoms with Crippen molar-refractivity contribution in [3.8, 4) is 0 Å². The number of amides is 1. The van der Waals surface area contributed by atoms with E-state index in [1.165, 1.54) is 5.56 Å². The number of aryl methyl sites for hydroxylation is 2. The molecule has 0 aliphatic carbocycles. The maximum atomic E-state index is 12.1. The van der Waals surface area contributed by atoms with Crippen LogP contribution in [0.3, 0.4) is 0 Å². The number of benzene rings is 1. The zero-order valence-electron chi connectivity index (χ0n) is 10.8. The van der Waals surface area contributed by atoms with Gasteiger partial charge in [-0.05, 0) is 31.0 Å². The normalized spacial score (nSPS) is 16.4. The van der Waals surface area contributed by atoms with Gasteiger partial charge in [0.25, 0.3) is 0 Å². The Morgan fingerprint density at radius 1 is 1.33 bits per heavy atom. The summed E-state index contributed by atoms with van der Waals surface area (Å²) in [5, 5.41) is 2.75. The number of Topliss-reactive ketones (excluding diaryl/α,β-unsaturated/α-hetero) is 1. The van der Waals surface area contributed by atoms with Gasteiger partial charge in [-0.15, -0.1) is 0 Å². The number of nitrogens with one attached hydrogen (secondary N) is 1. The molecule has 1 aliphatic heterocycles. The molecule has 1 aliphatic rings. The van der Waals surface area contributed by atoms with Crippen LogP contribution in [0.2, 0.25) is 0 Å². The fourth-order valence-electron chi connectivity index (χ4n) is 2.04. The number of piperazine rings is 1. The van der Waals surface area contributed by atoms with Crippen molar-refractivity contribution in [3.05, 3.63) is 34.9 Å². The topological polar surface area (TPSA) is 49.4 Å². The number of carbonyl (C=O) groups is 2. The van der Waals surface area contributed by atoms with Crippen LogP contribution in [0.1, 0.15) is 21.5 Å². The standard InChI is InChI=1S/C14H18N2O2/c1-10-3-4-12(7-11(10)2)13(17)8-16-6-5-15-14(18)9-16/h3-4,7H,5-6,8-9H2,1-2H3,(H,15,18). The van der Waals surface area contributed by atoms with Crippen LogP contribution in [0.4, 0.5) is 0 Å². The Morgan fingerprint density at radius 3 is 2.78 bits per heavy atom. The summed E-state index contributed by atoms with van der Waals surface area (Å²) in [5.74, 6) is 0.0712. The summed E-state index contributed by atoms with van der Waals surface area (Å²) in [6.07, 6.45) is 0. The number of ketones is 1. The van der Waals surface area contributed by atoms with Gasteiger partial charge in [0.1, 0.15) is 0 Å². The lowest BCUT2D eigenvalue weighted by Crippen LogP contribution is -2.49. The van der Waals surface area contributed by atoms with Crippen molar-refractivity contribution >= 4 is 11.7 Å². The van der Waals surface area contributed by atoms with Gasteiger partial charge in [0.05, 0.1) is 13.1 Å². The van der Waals surface area contributed by atoms with Crippen molar-refractivity contribution in [1.82, 2.24) is 10.2 Å². The summed E-state index contributed by atoms with van der Waals surface area (Å²) < 4.78 is 0. The molecule has 1 amide bonds. The van der Waals surface area contributed by atoms with Gasteiger partial charge in [0, 0.05) is 18.7 Å². The summed E-state index contributed by atoms with van der Waals surface area (Å²) in [4.78, 5) is 25.2. The molecule has 18 heavy (non-hydrogen) atoms. The van der Waals surface area contributed by atoms with Crippen LogP contribution in [0.15, 0.2) is 18.2 Å². The third-order valence-electron chi connectivity index (χ3n) is 3.31. The minimum Gasteiger partial charge on any atom is -0.354 e. The monoisotopic (exact) mass is 246 g/mol. The molecule has 0 bridgehead atoms. The molecule has 1 saturated heterocycles. The Kier molecular flexibility index (Phi) is 3.77. The first kappa shape index (κ1) is 12.8. The molecule has 2 rings (SSSR count). The summed E-state index contributed by atoms with van der Waals surface area (Å²) in [7, 11) is 0. The lowest BCUT2D eigenvalue weighted by molar-refractivity contribution is -0.123. The number of nitrogens with zero attached hydrogens (tertiary/aromatic N) is 1. The highest BCUT2D eigenvalue weighted by atomic mass is 16.2. The fourth-order valence-corrected chi connectivity index (χ4v) is 2.04. The molecule has 0 radical (unpaired) electrons. The molecule has 4 heteroatoms. The molecule has 1 aromatic carbocycles. The van der Waals surface area contributed by atoms with Crippen LogP contribution in [-0.4, -0.2) is 42.8 Å². The van der Waals surface area contributed by atoms with Gasteiger partial charge < -0.3 is 5.32 Å². The number of hydrogen-bond acceptors (Lipinski definition) is 3. The Labute approximate surface area is 107 Å². The molecule has 96 valence electrons. The van der Waals surface area contributed by atoms with Crippen LogP contribution in [0, 0.1) is 13.8 Å². The number of carbonyl (C=O) groups excluding carboxylic acids is 2. The van der Waals surface area contributed by atoms with E-state index in [1.54, 1.807) is 0 Å². The largest absolute Gasteiger partial charge is 0.354 e. The van der Waals surface area contributed by atoms with E-state index < -0.39 is 0 Å². The van der Waals surface area contributed by atoms with Crippen molar-refractivity contribution in [3.63, 3.8) is 0 Å². The van der Waals surface area contributed by atoms with E-state index in [4.69, 9.17) is 0 Å². The summed E-state index contributed by atoms with van der Waals surface area (Å²) in [6, 6.07) is 5.74. The van der Waals surface area contributed by atoms with E-state index >= 15 is 0 Å². The second kappa shape index (κ2) is 5.31. The molecule has 0 aromatic heterocycles. The Balaban J connectivity index is 2.02. The average molecular weight is 246 g/mol. The molecule has 1 heterocycles. The number of hydrogen-bond donors (Lipinski definition) is 1. The predicted molar refractivity (Wildman–Crippen MR) is 69.7 cm³/mol. The van der Waals surface area contributed by atoms with E-state index in [9.17, 15) is 9.59 Å². The quantitative estimate of drug-likeness (QED) is 0.807. The summed E-state index contributed by atoms with van der Waals surface area (Å²) >= 11 is 0. The van der Waals surface area contributed by atoms with Gasteiger partial charge in [0.2, 0.25) is 5.91 Å². The molecule has 1 fully saturated rings. The third-order valence-corrected chi connectivity index (χ3v) is 3.31. The first-order chi connectivity index (χ1) is 8.56. The third kappa shape index (κ3) is 2.96. The van der Waals surface area contributed by atoms with Crippen LogP contribution < -0.4 is 5.32 Å². The van der Waals surface area contributed by atoms with E-state index in [0.29, 0.717) is 19.6 Å². The minimum atomic E-state index is -0.00543. The van der Waals surface area contributed by atoms with Gasteiger partial charge in [0.15, 0.2) is 5.78 Å². The summed E-state index contributed by atoms with van der Waals surface area (Å²) in [5.41, 5.74) is 3.03. The minimum absolute atomic E-state index is 0.00543. The van der Waals surface area contributed by atoms with E-state index in [2.05, 4.69) is 5.32 Å². The second-order valence-electron chi connectivity index (χ2n) is 4.78. The highest BCUT2D eigenvalue weighted by Gasteiger charge is 2.19. The fraction of sp³-hybridized carbons (Fsp3) is 0.429. The SMILES string of the molecule is Cc1ccc(C(=O)CN2CCNC(=O)C2)cc1C. The Bertz CT molecular complexity index is 483. The lowest BCUT2D eigenvalue weighted by Gasteiger charge is -2.25. The molecule has 0 unspecified atom stereocenters. The lowest BCUT2D eigenvalue weighted by atomic mass is 10.0. The van der Waals surface area contributed by atoms with Crippen molar-refractivity contribution < 1.29 is 9.59 Å². The maximum absolute atomic E-state index is 12.1. The van der Waals surface area contributed by atoms with E-state index in [0.717, 1.165) is 17.7 Å². The van der Waals surface area contributed by atoms with Crippen LogP contribution in [-0.2, 0) is 4.79 Å². The van der Waals surface area contributed by atoms with Gasteiger partial charge in [-0.3, -0.25) is 14.5 Å². The highest BCUT2D eigenvalue weighted by Crippen LogP contribution is 2.11. The van der Waals surface area contributed by atoms with Gasteiger partial charge in [-0.2, -0.15) is 0 Å². The number of rotatable bonds is 3. The summed E-state index contributed by atoms with van der Waals surface area (Å²) in [6.45, 7) is 6.02. The van der Waals surface area contributed by atoms with Crippen LogP contribution in [0.5, 0.6) is 0 Å². The average Bonchev–Trinajstić information content (AvgIpc) is 2.32. The Morgan fingerprint density at radius 2 is 2.11 bits per heavy atom. The van der Waals surface area contributed by atoms with Gasteiger partial charge >= 0.3 is 0 Å². The van der Waals surface area contributed by atoms with Crippen molar-refractivity contribution in [1.29, 1.82) is 0 Å². The first-order valence-electron chi connectivity index (χ1n) is 6.16. The Hall–Kier alpha value is -1.68. The van der Waals surface area contributed by atoms with E-state index in [1.807, 2.05) is 36.9 Å². The molecule has 1 aromatic rings. The zero-order valence-corrected chi connectivity index (χ0v) is 10.8. The van der Waals surface area contributed by atoms with Crippen molar-refractivity contribution in [2.75, 3.05) is 26.2 Å². The van der Waals surface area contributed by atoms with Gasteiger partial charge in [-0.25, -0.2) is 0 Å². The van der Waals surface area contributed by atoms with Gasteiger partial charge in [-0.1, -0.05) is 12.1 Å². The maximum Gasteiger partial charge on any atom is 0.234 e. The van der Waals surface area contributed by atoms with Crippen molar-refractivity contribution in [2.45, 2.75) is 13.8 Å². The predicted octanol–water partition coefficient (Wildman–Crippen LogP) is 0.918. The second-order valence-corrected chi connectivity index (χ2v) is 4.78. The molecular formula is C14H18N2O2. The molecule has 0 spiro atoms. The molecule has 0 atom stereocenters. The molecule has 4 nitrogen and oxygen atoms in total. The highest BCUT2D eigenvalue weighted by molar-refractivity contribution is 5.98.